The molecule has 6 heteroatoms. The summed E-state index contributed by atoms with van der Waals surface area (Å²) in [6.07, 6.45) is -0.652. The lowest BCUT2D eigenvalue weighted by Crippen LogP contribution is -2.48. The van der Waals surface area contributed by atoms with E-state index in [1.807, 2.05) is 55.5 Å². The summed E-state index contributed by atoms with van der Waals surface area (Å²) < 4.78 is 16.9. The zero-order valence-electron chi connectivity index (χ0n) is 14.2. The van der Waals surface area contributed by atoms with Gasteiger partial charge in [0.2, 0.25) is 0 Å². The molecule has 1 atom stereocenters. The van der Waals surface area contributed by atoms with Crippen molar-refractivity contribution in [3.05, 3.63) is 48.5 Å². The monoisotopic (exact) mass is 342 g/mol. The third kappa shape index (κ3) is 4.15. The van der Waals surface area contributed by atoms with Crippen LogP contribution < -0.4 is 24.8 Å². The number of nitrogens with zero attached hydrogens (tertiary/aromatic N) is 1. The Labute approximate surface area is 147 Å². The summed E-state index contributed by atoms with van der Waals surface area (Å²) in [5, 5.41) is 0. The van der Waals surface area contributed by atoms with E-state index in [0.29, 0.717) is 32.1 Å². The van der Waals surface area contributed by atoms with Crippen LogP contribution in [0.5, 0.6) is 17.2 Å². The van der Waals surface area contributed by atoms with Crippen molar-refractivity contribution in [3.8, 4) is 17.2 Å². The molecule has 6 nitrogen and oxygen atoms in total. The molecule has 1 amide bonds. The van der Waals surface area contributed by atoms with Gasteiger partial charge in [0.1, 0.15) is 23.9 Å². The molecule has 1 aliphatic rings. The van der Waals surface area contributed by atoms with Crippen LogP contribution in [0.25, 0.3) is 0 Å². The second kappa shape index (κ2) is 7.79. The summed E-state index contributed by atoms with van der Waals surface area (Å²) in [7, 11) is 0. The normalized spacial score (nSPS) is 15.9. The van der Waals surface area contributed by atoms with Crippen molar-refractivity contribution in [3.63, 3.8) is 0 Å². The van der Waals surface area contributed by atoms with Crippen molar-refractivity contribution in [2.45, 2.75) is 13.0 Å². The van der Waals surface area contributed by atoms with Gasteiger partial charge in [-0.1, -0.05) is 12.1 Å². The van der Waals surface area contributed by atoms with Gasteiger partial charge >= 0.3 is 0 Å². The molecule has 0 unspecified atom stereocenters. The summed E-state index contributed by atoms with van der Waals surface area (Å²) >= 11 is 0. The highest BCUT2D eigenvalue weighted by Gasteiger charge is 2.28. The van der Waals surface area contributed by atoms with Crippen LogP contribution in [0, 0.1) is 0 Å². The lowest BCUT2D eigenvalue weighted by Gasteiger charge is -2.34. The van der Waals surface area contributed by atoms with E-state index in [1.54, 1.807) is 0 Å². The number of fused-ring (bicyclic) bond motifs is 1. The van der Waals surface area contributed by atoms with Crippen LogP contribution in [-0.4, -0.2) is 38.3 Å². The van der Waals surface area contributed by atoms with Gasteiger partial charge in [0.25, 0.3) is 5.91 Å². The number of amides is 1. The Morgan fingerprint density at radius 3 is 2.52 bits per heavy atom. The Morgan fingerprint density at radius 2 is 1.84 bits per heavy atom. The first-order valence-corrected chi connectivity index (χ1v) is 8.33. The van der Waals surface area contributed by atoms with Gasteiger partial charge in [0.05, 0.1) is 25.4 Å². The quantitative estimate of drug-likeness (QED) is 0.835. The van der Waals surface area contributed by atoms with Gasteiger partial charge in [-0.25, -0.2) is 0 Å². The molecule has 2 N–H and O–H groups in total. The van der Waals surface area contributed by atoms with Crippen molar-refractivity contribution in [2.24, 2.45) is 5.73 Å². The van der Waals surface area contributed by atoms with Crippen molar-refractivity contribution >= 4 is 11.6 Å². The standard InChI is InChI=1S/C19H22N2O4/c1-2-23-14-7-9-15(10-8-14)24-12-11-21-13-18(19(20)22)25-17-6-4-3-5-16(17)21/h3-10,18H,2,11-13H2,1H3,(H2,20,22)/t18-/m0/s1. The van der Waals surface area contributed by atoms with Crippen LogP contribution in [0.15, 0.2) is 48.5 Å². The van der Waals surface area contributed by atoms with E-state index in [4.69, 9.17) is 19.9 Å². The van der Waals surface area contributed by atoms with E-state index < -0.39 is 12.0 Å². The number of nitrogens with two attached hydrogens (primary N) is 1. The van der Waals surface area contributed by atoms with Crippen LogP contribution in [0.3, 0.4) is 0 Å². The SMILES string of the molecule is CCOc1ccc(OCCN2C[C@@H](C(N)=O)Oc3ccccc32)cc1. The first kappa shape index (κ1) is 17.0. The average Bonchev–Trinajstić information content (AvgIpc) is 2.63. The van der Waals surface area contributed by atoms with Gasteiger partial charge < -0.3 is 24.8 Å². The summed E-state index contributed by atoms with van der Waals surface area (Å²) in [6, 6.07) is 15.1. The van der Waals surface area contributed by atoms with Crippen LogP contribution >= 0.6 is 0 Å². The third-order valence-corrected chi connectivity index (χ3v) is 3.94. The molecule has 3 rings (SSSR count). The van der Waals surface area contributed by atoms with Crippen LogP contribution in [0.1, 0.15) is 6.92 Å². The Bertz CT molecular complexity index is 718. The fraction of sp³-hybridized carbons (Fsp3) is 0.316. The minimum atomic E-state index is -0.652. The number of ether oxygens (including phenoxy) is 3. The molecule has 132 valence electrons. The summed E-state index contributed by atoms with van der Waals surface area (Å²) in [6.45, 7) is 4.10. The summed E-state index contributed by atoms with van der Waals surface area (Å²) in [5.74, 6) is 1.79. The third-order valence-electron chi connectivity index (χ3n) is 3.94. The lowest BCUT2D eigenvalue weighted by molar-refractivity contribution is -0.124. The summed E-state index contributed by atoms with van der Waals surface area (Å²) in [4.78, 5) is 13.6. The topological polar surface area (TPSA) is 74.0 Å². The Morgan fingerprint density at radius 1 is 1.16 bits per heavy atom. The minimum Gasteiger partial charge on any atom is -0.494 e. The number of para-hydroxylation sites is 2. The highest BCUT2D eigenvalue weighted by Crippen LogP contribution is 2.32. The maximum absolute atomic E-state index is 11.5. The van der Waals surface area contributed by atoms with Crippen LogP contribution in [-0.2, 0) is 4.79 Å². The maximum atomic E-state index is 11.5. The Hall–Kier alpha value is -2.89. The van der Waals surface area contributed by atoms with Crippen molar-refractivity contribution in [1.29, 1.82) is 0 Å². The summed E-state index contributed by atoms with van der Waals surface area (Å²) in [5.41, 5.74) is 6.35. The molecule has 2 aromatic carbocycles. The molecular weight excluding hydrogens is 320 g/mol. The van der Waals surface area contributed by atoms with E-state index >= 15 is 0 Å². The number of carbonyl (C=O) groups excluding carboxylic acids is 1. The van der Waals surface area contributed by atoms with E-state index in [2.05, 4.69) is 4.90 Å². The highest BCUT2D eigenvalue weighted by atomic mass is 16.5. The van der Waals surface area contributed by atoms with Crippen LogP contribution in [0.2, 0.25) is 0 Å². The number of primary amides is 1. The predicted octanol–water partition coefficient (Wildman–Crippen LogP) is 2.22. The molecule has 0 fully saturated rings. The maximum Gasteiger partial charge on any atom is 0.260 e. The molecule has 0 radical (unpaired) electrons. The van der Waals surface area contributed by atoms with Crippen molar-refractivity contribution in [1.82, 2.24) is 0 Å². The van der Waals surface area contributed by atoms with E-state index in [1.165, 1.54) is 0 Å². The van der Waals surface area contributed by atoms with Gasteiger partial charge in [0, 0.05) is 0 Å². The predicted molar refractivity (Wildman–Crippen MR) is 95.4 cm³/mol. The molecule has 0 aliphatic carbocycles. The molecule has 0 aromatic heterocycles. The average molecular weight is 342 g/mol. The van der Waals surface area contributed by atoms with Crippen molar-refractivity contribution in [2.75, 3.05) is 31.2 Å². The zero-order chi connectivity index (χ0) is 17.6. The Kier molecular flexibility index (Phi) is 5.28. The minimum absolute atomic E-state index is 0.416. The molecule has 2 aromatic rings. The number of benzene rings is 2. The van der Waals surface area contributed by atoms with Gasteiger partial charge in [-0.15, -0.1) is 0 Å². The number of carbonyl (C=O) groups is 1. The number of hydrogen-bond acceptors (Lipinski definition) is 5. The van der Waals surface area contributed by atoms with Gasteiger partial charge in [0.15, 0.2) is 6.10 Å². The van der Waals surface area contributed by atoms with Gasteiger partial charge in [-0.2, -0.15) is 0 Å². The molecule has 0 bridgehead atoms. The molecule has 0 spiro atoms. The van der Waals surface area contributed by atoms with E-state index in [0.717, 1.165) is 17.2 Å². The lowest BCUT2D eigenvalue weighted by atomic mass is 10.2. The number of anilines is 1. The first-order valence-electron chi connectivity index (χ1n) is 8.33. The Balaban J connectivity index is 1.61. The number of rotatable bonds is 7. The second-order valence-corrected chi connectivity index (χ2v) is 5.68. The second-order valence-electron chi connectivity index (χ2n) is 5.68. The zero-order valence-corrected chi connectivity index (χ0v) is 14.2. The molecule has 0 saturated heterocycles. The van der Waals surface area contributed by atoms with E-state index in [9.17, 15) is 4.79 Å². The smallest absolute Gasteiger partial charge is 0.260 e. The molecular formula is C19H22N2O4. The van der Waals surface area contributed by atoms with Gasteiger partial charge in [-0.05, 0) is 43.3 Å². The fourth-order valence-corrected chi connectivity index (χ4v) is 2.74. The van der Waals surface area contributed by atoms with Gasteiger partial charge in [-0.3, -0.25) is 4.79 Å². The van der Waals surface area contributed by atoms with Crippen molar-refractivity contribution < 1.29 is 19.0 Å². The molecule has 25 heavy (non-hydrogen) atoms. The highest BCUT2D eigenvalue weighted by molar-refractivity contribution is 5.81. The molecule has 0 saturated carbocycles. The number of hydrogen-bond donors (Lipinski definition) is 1. The van der Waals surface area contributed by atoms with Crippen LogP contribution in [0.4, 0.5) is 5.69 Å². The largest absolute Gasteiger partial charge is 0.494 e. The molecule has 1 aliphatic heterocycles. The first-order chi connectivity index (χ1) is 12.2. The van der Waals surface area contributed by atoms with E-state index in [-0.39, 0.29) is 0 Å². The molecule has 1 heterocycles. The fourth-order valence-electron chi connectivity index (χ4n) is 2.74.